The summed E-state index contributed by atoms with van der Waals surface area (Å²) in [6.07, 6.45) is 0. The molecule has 14 heavy (non-hydrogen) atoms. The zero-order valence-corrected chi connectivity index (χ0v) is 8.50. The Morgan fingerprint density at radius 1 is 1.57 bits per heavy atom. The van der Waals surface area contributed by atoms with Crippen LogP contribution in [0.15, 0.2) is 6.07 Å². The number of rotatable bonds is 3. The number of Topliss-reactive ketones (excluding diaryl/α,β-unsaturated/α-hetero) is 1. The van der Waals surface area contributed by atoms with Crippen LogP contribution in [0, 0.1) is 6.92 Å². The minimum atomic E-state index is -0.576. The molecule has 1 amide bonds. The van der Waals surface area contributed by atoms with Gasteiger partial charge < -0.3 is 5.32 Å². The average Bonchev–Trinajstić information content (AvgIpc) is 2.42. The van der Waals surface area contributed by atoms with E-state index in [0.717, 1.165) is 11.4 Å². The van der Waals surface area contributed by atoms with Crippen LogP contribution in [0.1, 0.15) is 18.3 Å². The molecule has 1 aromatic rings. The Morgan fingerprint density at radius 3 is 2.64 bits per heavy atom. The van der Waals surface area contributed by atoms with Gasteiger partial charge in [-0.2, -0.15) is 5.10 Å². The second kappa shape index (κ2) is 4.04. The summed E-state index contributed by atoms with van der Waals surface area (Å²) in [5.41, 5.74) is 1.76. The maximum Gasteiger partial charge on any atom is 0.287 e. The fraction of sp³-hybridized carbons (Fsp3) is 0.444. The van der Waals surface area contributed by atoms with Crippen LogP contribution in [-0.2, 0) is 23.2 Å². The van der Waals surface area contributed by atoms with Gasteiger partial charge in [-0.1, -0.05) is 0 Å². The third-order valence-corrected chi connectivity index (χ3v) is 1.91. The summed E-state index contributed by atoms with van der Waals surface area (Å²) >= 11 is 0. The van der Waals surface area contributed by atoms with Crippen LogP contribution in [0.25, 0.3) is 0 Å². The van der Waals surface area contributed by atoms with Gasteiger partial charge in [-0.3, -0.25) is 14.3 Å². The summed E-state index contributed by atoms with van der Waals surface area (Å²) in [5.74, 6) is -1.06. The van der Waals surface area contributed by atoms with E-state index in [0.29, 0.717) is 6.54 Å². The molecule has 0 aliphatic rings. The number of carbonyl (C=O) groups is 2. The Kier molecular flexibility index (Phi) is 3.01. The minimum Gasteiger partial charge on any atom is -0.344 e. The fourth-order valence-corrected chi connectivity index (χ4v) is 1.02. The molecule has 1 N–H and O–H groups in total. The van der Waals surface area contributed by atoms with Crippen LogP contribution < -0.4 is 5.32 Å². The van der Waals surface area contributed by atoms with E-state index in [9.17, 15) is 9.59 Å². The molecule has 0 spiro atoms. The molecule has 1 rings (SSSR count). The van der Waals surface area contributed by atoms with Gasteiger partial charge in [-0.15, -0.1) is 0 Å². The van der Waals surface area contributed by atoms with Crippen molar-refractivity contribution in [1.82, 2.24) is 15.1 Å². The van der Waals surface area contributed by atoms with Crippen molar-refractivity contribution >= 4 is 11.7 Å². The highest BCUT2D eigenvalue weighted by molar-refractivity contribution is 6.35. The minimum absolute atomic E-state index is 0.292. The van der Waals surface area contributed by atoms with Crippen LogP contribution >= 0.6 is 0 Å². The van der Waals surface area contributed by atoms with E-state index < -0.39 is 11.7 Å². The van der Waals surface area contributed by atoms with E-state index >= 15 is 0 Å². The van der Waals surface area contributed by atoms with Crippen LogP contribution in [0.5, 0.6) is 0 Å². The summed E-state index contributed by atoms with van der Waals surface area (Å²) in [6.45, 7) is 3.45. The van der Waals surface area contributed by atoms with Crippen LogP contribution in [0.2, 0.25) is 0 Å². The van der Waals surface area contributed by atoms with Crippen LogP contribution in [-0.4, -0.2) is 21.5 Å². The molecule has 0 bridgehead atoms. The van der Waals surface area contributed by atoms with Gasteiger partial charge in [0.1, 0.15) is 0 Å². The molecular formula is C9H13N3O2. The molecular weight excluding hydrogens is 182 g/mol. The standard InChI is InChI=1S/C9H13N3O2/c1-6-4-8(11-12(6)3)5-10-9(14)7(2)13/h4H,5H2,1-3H3,(H,10,14). The lowest BCUT2D eigenvalue weighted by molar-refractivity contribution is -0.136. The third kappa shape index (κ3) is 2.42. The van der Waals surface area contributed by atoms with E-state index in [1.165, 1.54) is 6.92 Å². The van der Waals surface area contributed by atoms with Crippen LogP contribution in [0.4, 0.5) is 0 Å². The van der Waals surface area contributed by atoms with E-state index in [1.807, 2.05) is 20.0 Å². The van der Waals surface area contributed by atoms with Crippen molar-refractivity contribution in [2.45, 2.75) is 20.4 Å². The number of nitrogens with zero attached hydrogens (tertiary/aromatic N) is 2. The number of aromatic nitrogens is 2. The lowest BCUT2D eigenvalue weighted by Crippen LogP contribution is -2.28. The summed E-state index contributed by atoms with van der Waals surface area (Å²) in [7, 11) is 1.83. The van der Waals surface area contributed by atoms with Crippen molar-refractivity contribution in [3.63, 3.8) is 0 Å². The molecule has 0 aliphatic heterocycles. The van der Waals surface area contributed by atoms with Gasteiger partial charge in [-0.05, 0) is 13.0 Å². The van der Waals surface area contributed by atoms with Crippen molar-refractivity contribution in [3.8, 4) is 0 Å². The Hall–Kier alpha value is -1.65. The van der Waals surface area contributed by atoms with Gasteiger partial charge in [0.2, 0.25) is 5.78 Å². The number of ketones is 1. The van der Waals surface area contributed by atoms with Crippen molar-refractivity contribution in [2.75, 3.05) is 0 Å². The Morgan fingerprint density at radius 2 is 2.21 bits per heavy atom. The molecule has 0 saturated carbocycles. The maximum absolute atomic E-state index is 10.9. The van der Waals surface area contributed by atoms with Gasteiger partial charge >= 0.3 is 0 Å². The first-order valence-electron chi connectivity index (χ1n) is 4.29. The summed E-state index contributed by atoms with van der Waals surface area (Å²) in [6, 6.07) is 1.86. The van der Waals surface area contributed by atoms with E-state index in [2.05, 4.69) is 10.4 Å². The first kappa shape index (κ1) is 10.4. The quantitative estimate of drug-likeness (QED) is 0.687. The molecule has 1 heterocycles. The van der Waals surface area contributed by atoms with Gasteiger partial charge in [0.25, 0.3) is 5.91 Å². The highest BCUT2D eigenvalue weighted by Gasteiger charge is 2.07. The molecule has 76 valence electrons. The third-order valence-electron chi connectivity index (χ3n) is 1.91. The predicted molar refractivity (Wildman–Crippen MR) is 50.5 cm³/mol. The largest absolute Gasteiger partial charge is 0.344 e. The molecule has 1 aromatic heterocycles. The lowest BCUT2D eigenvalue weighted by atomic mass is 10.3. The maximum atomic E-state index is 10.9. The Bertz CT molecular complexity index is 349. The van der Waals surface area contributed by atoms with Crippen molar-refractivity contribution in [2.24, 2.45) is 7.05 Å². The van der Waals surface area contributed by atoms with Crippen molar-refractivity contribution in [1.29, 1.82) is 0 Å². The fourth-order valence-electron chi connectivity index (χ4n) is 1.02. The monoisotopic (exact) mass is 195 g/mol. The molecule has 0 radical (unpaired) electrons. The van der Waals surface area contributed by atoms with Gasteiger partial charge in [-0.25, -0.2) is 0 Å². The summed E-state index contributed by atoms with van der Waals surface area (Å²) in [4.78, 5) is 21.5. The Balaban J connectivity index is 2.54. The van der Waals surface area contributed by atoms with E-state index in [4.69, 9.17) is 0 Å². The first-order valence-corrected chi connectivity index (χ1v) is 4.29. The lowest BCUT2D eigenvalue weighted by Gasteiger charge is -1.98. The molecule has 0 atom stereocenters. The van der Waals surface area contributed by atoms with Crippen molar-refractivity contribution < 1.29 is 9.59 Å². The number of amides is 1. The molecule has 0 fully saturated rings. The first-order chi connectivity index (χ1) is 6.50. The van der Waals surface area contributed by atoms with E-state index in [-0.39, 0.29) is 0 Å². The zero-order valence-electron chi connectivity index (χ0n) is 8.50. The molecule has 0 aromatic carbocycles. The molecule has 0 unspecified atom stereocenters. The topological polar surface area (TPSA) is 64.0 Å². The number of carbonyl (C=O) groups excluding carboxylic acids is 2. The Labute approximate surface area is 82.1 Å². The second-order valence-corrected chi connectivity index (χ2v) is 3.14. The normalized spacial score (nSPS) is 9.93. The number of nitrogens with one attached hydrogen (secondary N) is 1. The predicted octanol–water partition coefficient (Wildman–Crippen LogP) is -0.0663. The summed E-state index contributed by atoms with van der Waals surface area (Å²) in [5, 5.41) is 6.61. The molecule has 5 heteroatoms. The number of hydrogen-bond donors (Lipinski definition) is 1. The number of hydrogen-bond acceptors (Lipinski definition) is 3. The second-order valence-electron chi connectivity index (χ2n) is 3.14. The highest BCUT2D eigenvalue weighted by Crippen LogP contribution is 2.00. The smallest absolute Gasteiger partial charge is 0.287 e. The van der Waals surface area contributed by atoms with Gasteiger partial charge in [0.05, 0.1) is 12.2 Å². The van der Waals surface area contributed by atoms with Crippen molar-refractivity contribution in [3.05, 3.63) is 17.5 Å². The van der Waals surface area contributed by atoms with Gasteiger partial charge in [0, 0.05) is 19.7 Å². The summed E-state index contributed by atoms with van der Waals surface area (Å²) < 4.78 is 1.72. The molecule has 5 nitrogen and oxygen atoms in total. The number of aryl methyl sites for hydroxylation is 2. The SMILES string of the molecule is CC(=O)C(=O)NCc1cc(C)n(C)n1. The average molecular weight is 195 g/mol. The highest BCUT2D eigenvalue weighted by atomic mass is 16.2. The molecule has 0 saturated heterocycles. The van der Waals surface area contributed by atoms with Gasteiger partial charge in [0.15, 0.2) is 0 Å². The zero-order chi connectivity index (χ0) is 10.7. The van der Waals surface area contributed by atoms with Crippen LogP contribution in [0.3, 0.4) is 0 Å². The van der Waals surface area contributed by atoms with E-state index in [1.54, 1.807) is 4.68 Å². The molecule has 0 aliphatic carbocycles.